The second-order valence-electron chi connectivity index (χ2n) is 4.40. The largest absolute Gasteiger partial charge is 0.478 e. The minimum absolute atomic E-state index is 0.345. The summed E-state index contributed by atoms with van der Waals surface area (Å²) in [4.78, 5) is 13.1. The van der Waals surface area contributed by atoms with Gasteiger partial charge in [-0.05, 0) is 49.7 Å². The summed E-state index contributed by atoms with van der Waals surface area (Å²) in [7, 11) is 0. The molecule has 0 saturated heterocycles. The highest BCUT2D eigenvalue weighted by atomic mass is 16.4. The van der Waals surface area contributed by atoms with E-state index in [-0.39, 0.29) is 0 Å². The van der Waals surface area contributed by atoms with Gasteiger partial charge in [-0.3, -0.25) is 0 Å². The van der Waals surface area contributed by atoms with Crippen LogP contribution in [-0.4, -0.2) is 17.6 Å². The number of hydrogen-bond donors (Lipinski definition) is 1. The minimum Gasteiger partial charge on any atom is -0.478 e. The molecular formula is C15H17NO3. The van der Waals surface area contributed by atoms with Crippen molar-refractivity contribution in [2.24, 2.45) is 0 Å². The van der Waals surface area contributed by atoms with Crippen LogP contribution in [0, 0.1) is 6.92 Å². The SMILES string of the molecule is CCN(Cc1ccco1)c1ccc(C(=O)O)c(C)c1. The van der Waals surface area contributed by atoms with Gasteiger partial charge in [0, 0.05) is 12.2 Å². The van der Waals surface area contributed by atoms with Crippen molar-refractivity contribution in [2.75, 3.05) is 11.4 Å². The quantitative estimate of drug-likeness (QED) is 0.895. The van der Waals surface area contributed by atoms with E-state index in [9.17, 15) is 4.79 Å². The summed E-state index contributed by atoms with van der Waals surface area (Å²) in [5.74, 6) is -0.0000489. The van der Waals surface area contributed by atoms with Crippen LogP contribution in [0.4, 0.5) is 5.69 Å². The Morgan fingerprint density at radius 3 is 2.68 bits per heavy atom. The molecule has 1 aromatic heterocycles. The highest BCUT2D eigenvalue weighted by Crippen LogP contribution is 2.21. The second kappa shape index (κ2) is 5.61. The first kappa shape index (κ1) is 13.2. The van der Waals surface area contributed by atoms with E-state index in [1.54, 1.807) is 12.3 Å². The fraction of sp³-hybridized carbons (Fsp3) is 0.267. The first-order valence-electron chi connectivity index (χ1n) is 6.23. The lowest BCUT2D eigenvalue weighted by Crippen LogP contribution is -2.22. The molecule has 1 aromatic carbocycles. The summed E-state index contributed by atoms with van der Waals surface area (Å²) in [6.07, 6.45) is 1.65. The van der Waals surface area contributed by atoms with Crippen LogP contribution < -0.4 is 4.90 Å². The Hall–Kier alpha value is -2.23. The number of carboxylic acids is 1. The van der Waals surface area contributed by atoms with Crippen molar-refractivity contribution < 1.29 is 14.3 Å². The van der Waals surface area contributed by atoms with Crippen molar-refractivity contribution in [3.05, 3.63) is 53.5 Å². The summed E-state index contributed by atoms with van der Waals surface area (Å²) in [5.41, 5.74) is 2.11. The maximum atomic E-state index is 11.0. The van der Waals surface area contributed by atoms with Crippen molar-refractivity contribution in [3.63, 3.8) is 0 Å². The lowest BCUT2D eigenvalue weighted by molar-refractivity contribution is 0.0696. The minimum atomic E-state index is -0.891. The number of hydrogen-bond acceptors (Lipinski definition) is 3. The Morgan fingerprint density at radius 2 is 2.16 bits per heavy atom. The van der Waals surface area contributed by atoms with Gasteiger partial charge in [-0.25, -0.2) is 4.79 Å². The van der Waals surface area contributed by atoms with Crippen LogP contribution in [0.1, 0.15) is 28.6 Å². The van der Waals surface area contributed by atoms with Crippen molar-refractivity contribution >= 4 is 11.7 Å². The molecular weight excluding hydrogens is 242 g/mol. The molecule has 100 valence electrons. The zero-order valence-corrected chi connectivity index (χ0v) is 11.1. The molecule has 0 aliphatic carbocycles. The summed E-state index contributed by atoms with van der Waals surface area (Å²) < 4.78 is 5.34. The smallest absolute Gasteiger partial charge is 0.335 e. The molecule has 19 heavy (non-hydrogen) atoms. The lowest BCUT2D eigenvalue weighted by Gasteiger charge is -2.22. The Balaban J connectivity index is 2.23. The van der Waals surface area contributed by atoms with Crippen LogP contribution in [0.3, 0.4) is 0 Å². The molecule has 0 spiro atoms. The molecule has 4 heteroatoms. The van der Waals surface area contributed by atoms with E-state index in [4.69, 9.17) is 9.52 Å². The number of anilines is 1. The van der Waals surface area contributed by atoms with Gasteiger partial charge in [0.15, 0.2) is 0 Å². The molecule has 0 amide bonds. The first-order valence-corrected chi connectivity index (χ1v) is 6.23. The molecule has 0 aliphatic heterocycles. The third-order valence-corrected chi connectivity index (χ3v) is 3.11. The molecule has 4 nitrogen and oxygen atoms in total. The average molecular weight is 259 g/mol. The van der Waals surface area contributed by atoms with Gasteiger partial charge < -0.3 is 14.4 Å². The third-order valence-electron chi connectivity index (χ3n) is 3.11. The predicted octanol–water partition coefficient (Wildman–Crippen LogP) is 3.31. The van der Waals surface area contributed by atoms with Gasteiger partial charge in [0.05, 0.1) is 18.4 Å². The van der Waals surface area contributed by atoms with Crippen LogP contribution in [0.15, 0.2) is 41.0 Å². The molecule has 0 fully saturated rings. The number of carboxylic acid groups (broad SMARTS) is 1. The average Bonchev–Trinajstić information content (AvgIpc) is 2.88. The number of carbonyl (C=O) groups is 1. The summed E-state index contributed by atoms with van der Waals surface area (Å²) >= 11 is 0. The fourth-order valence-corrected chi connectivity index (χ4v) is 2.06. The molecule has 0 radical (unpaired) electrons. The van der Waals surface area contributed by atoms with Crippen LogP contribution in [0.5, 0.6) is 0 Å². The zero-order chi connectivity index (χ0) is 13.8. The van der Waals surface area contributed by atoms with Crippen LogP contribution in [0.25, 0.3) is 0 Å². The lowest BCUT2D eigenvalue weighted by atomic mass is 10.1. The molecule has 0 aliphatic rings. The number of benzene rings is 1. The Morgan fingerprint density at radius 1 is 1.37 bits per heavy atom. The standard InChI is InChI=1S/C15H17NO3/c1-3-16(10-13-5-4-8-19-13)12-6-7-14(15(17)18)11(2)9-12/h4-9H,3,10H2,1-2H3,(H,17,18). The van der Waals surface area contributed by atoms with Crippen LogP contribution in [0.2, 0.25) is 0 Å². The predicted molar refractivity (Wildman–Crippen MR) is 73.6 cm³/mol. The van der Waals surface area contributed by atoms with E-state index < -0.39 is 5.97 Å². The van der Waals surface area contributed by atoms with Gasteiger partial charge in [0.2, 0.25) is 0 Å². The van der Waals surface area contributed by atoms with Crippen molar-refractivity contribution in [1.82, 2.24) is 0 Å². The highest BCUT2D eigenvalue weighted by molar-refractivity contribution is 5.89. The molecule has 2 aromatic rings. The van der Waals surface area contributed by atoms with Crippen molar-refractivity contribution in [3.8, 4) is 0 Å². The zero-order valence-electron chi connectivity index (χ0n) is 11.1. The van der Waals surface area contributed by atoms with E-state index in [1.807, 2.05) is 31.2 Å². The number of aromatic carboxylic acids is 1. The van der Waals surface area contributed by atoms with Gasteiger partial charge >= 0.3 is 5.97 Å². The Kier molecular flexibility index (Phi) is 3.90. The summed E-state index contributed by atoms with van der Waals surface area (Å²) in [6.45, 7) is 5.37. The topological polar surface area (TPSA) is 53.7 Å². The molecule has 2 rings (SSSR count). The Bertz CT molecular complexity index is 561. The molecule has 0 unspecified atom stereocenters. The van der Waals surface area contributed by atoms with E-state index in [0.29, 0.717) is 12.1 Å². The monoisotopic (exact) mass is 259 g/mol. The van der Waals surface area contributed by atoms with E-state index in [0.717, 1.165) is 23.6 Å². The second-order valence-corrected chi connectivity index (χ2v) is 4.40. The molecule has 0 bridgehead atoms. The number of furan rings is 1. The van der Waals surface area contributed by atoms with E-state index in [1.165, 1.54) is 0 Å². The van der Waals surface area contributed by atoms with Crippen LogP contribution in [-0.2, 0) is 6.54 Å². The van der Waals surface area contributed by atoms with E-state index in [2.05, 4.69) is 11.8 Å². The number of rotatable bonds is 5. The normalized spacial score (nSPS) is 10.4. The molecule has 0 atom stereocenters. The maximum absolute atomic E-state index is 11.0. The Labute approximate surface area is 112 Å². The number of nitrogens with zero attached hydrogens (tertiary/aromatic N) is 1. The molecule has 1 heterocycles. The van der Waals surface area contributed by atoms with Gasteiger partial charge in [-0.1, -0.05) is 0 Å². The van der Waals surface area contributed by atoms with Crippen LogP contribution >= 0.6 is 0 Å². The summed E-state index contributed by atoms with van der Waals surface area (Å²) in [5, 5.41) is 9.03. The van der Waals surface area contributed by atoms with E-state index >= 15 is 0 Å². The highest BCUT2D eigenvalue weighted by Gasteiger charge is 2.11. The number of aryl methyl sites for hydroxylation is 1. The molecule has 1 N–H and O–H groups in total. The van der Waals surface area contributed by atoms with Crippen molar-refractivity contribution in [2.45, 2.75) is 20.4 Å². The molecule has 0 saturated carbocycles. The van der Waals surface area contributed by atoms with Gasteiger partial charge in [0.25, 0.3) is 0 Å². The first-order chi connectivity index (χ1) is 9.11. The third kappa shape index (κ3) is 2.96. The van der Waals surface area contributed by atoms with Gasteiger partial charge in [-0.2, -0.15) is 0 Å². The summed E-state index contributed by atoms with van der Waals surface area (Å²) in [6, 6.07) is 9.18. The fourth-order valence-electron chi connectivity index (χ4n) is 2.06. The maximum Gasteiger partial charge on any atom is 0.335 e. The van der Waals surface area contributed by atoms with Gasteiger partial charge in [0.1, 0.15) is 5.76 Å². The van der Waals surface area contributed by atoms with Crippen molar-refractivity contribution in [1.29, 1.82) is 0 Å². The van der Waals surface area contributed by atoms with Gasteiger partial charge in [-0.15, -0.1) is 0 Å².